The van der Waals surface area contributed by atoms with Crippen LogP contribution in [0.25, 0.3) is 10.9 Å². The van der Waals surface area contributed by atoms with Gasteiger partial charge in [0, 0.05) is 34.4 Å². The second-order valence-corrected chi connectivity index (χ2v) is 8.23. The first kappa shape index (κ1) is 21.8. The van der Waals surface area contributed by atoms with Crippen LogP contribution in [-0.4, -0.2) is 16.6 Å². The lowest BCUT2D eigenvalue weighted by Crippen LogP contribution is -2.14. The van der Waals surface area contributed by atoms with Gasteiger partial charge >= 0.3 is 0 Å². The van der Waals surface area contributed by atoms with E-state index < -0.39 is 5.76 Å². The zero-order valence-electron chi connectivity index (χ0n) is 17.1. The van der Waals surface area contributed by atoms with Crippen molar-refractivity contribution >= 4 is 39.9 Å². The molecule has 1 heterocycles. The van der Waals surface area contributed by atoms with Gasteiger partial charge in [0.05, 0.1) is 11.9 Å². The van der Waals surface area contributed by atoms with Gasteiger partial charge in [-0.1, -0.05) is 42.1 Å². The topological polar surface area (TPSA) is 54.0 Å². The van der Waals surface area contributed by atoms with Crippen LogP contribution in [-0.2, 0) is 17.8 Å². The van der Waals surface area contributed by atoms with E-state index >= 15 is 0 Å². The summed E-state index contributed by atoms with van der Waals surface area (Å²) in [5, 5.41) is 7.32. The highest BCUT2D eigenvalue weighted by Crippen LogP contribution is 2.26. The number of benzene rings is 3. The van der Waals surface area contributed by atoms with E-state index in [0.29, 0.717) is 28.9 Å². The average Bonchev–Trinajstić information content (AvgIpc) is 2.79. The van der Waals surface area contributed by atoms with Crippen LogP contribution in [0.4, 0.5) is 20.2 Å². The summed E-state index contributed by atoms with van der Waals surface area (Å²) in [6.07, 6.45) is 2.04. The molecule has 32 heavy (non-hydrogen) atoms. The maximum atomic E-state index is 12.4. The molecule has 0 unspecified atom stereocenters. The van der Waals surface area contributed by atoms with Gasteiger partial charge in [-0.25, -0.2) is 0 Å². The van der Waals surface area contributed by atoms with Crippen molar-refractivity contribution in [3.8, 4) is 0 Å². The quantitative estimate of drug-likeness (QED) is 0.308. The number of carbonyl (C=O) groups excluding carboxylic acids is 1. The first-order chi connectivity index (χ1) is 15.6. The molecule has 7 heteroatoms. The summed E-state index contributed by atoms with van der Waals surface area (Å²) in [6, 6.07) is 24.1. The summed E-state index contributed by atoms with van der Waals surface area (Å²) in [7, 11) is 0. The molecule has 4 aromatic rings. The number of aromatic nitrogens is 1. The lowest BCUT2D eigenvalue weighted by molar-refractivity contribution is -0.115. The summed E-state index contributed by atoms with van der Waals surface area (Å²) < 4.78 is 24.8. The van der Waals surface area contributed by atoms with Crippen molar-refractivity contribution in [3.05, 3.63) is 96.2 Å². The highest BCUT2D eigenvalue weighted by molar-refractivity contribution is 7.99. The first-order valence-electron chi connectivity index (χ1n) is 10.1. The number of fused-ring (bicyclic) bond motifs is 1. The molecule has 0 bridgehead atoms. The molecule has 0 radical (unpaired) electrons. The molecule has 1 aromatic heterocycles. The van der Waals surface area contributed by atoms with Crippen molar-refractivity contribution < 1.29 is 13.6 Å². The van der Waals surface area contributed by atoms with Crippen molar-refractivity contribution in [2.75, 3.05) is 10.6 Å². The fourth-order valence-electron chi connectivity index (χ4n) is 3.36. The molecule has 0 atom stereocenters. The van der Waals surface area contributed by atoms with Gasteiger partial charge in [-0.3, -0.25) is 9.78 Å². The molecule has 4 rings (SSSR count). The summed E-state index contributed by atoms with van der Waals surface area (Å²) in [5.41, 5.74) is 4.55. The number of anilines is 2. The molecule has 2 N–H and O–H groups in total. The van der Waals surface area contributed by atoms with Gasteiger partial charge in [0.25, 0.3) is 5.76 Å². The smallest absolute Gasteiger partial charge is 0.288 e. The van der Waals surface area contributed by atoms with E-state index in [1.165, 1.54) is 0 Å². The fourth-order valence-corrected chi connectivity index (χ4v) is 3.86. The Kier molecular flexibility index (Phi) is 6.97. The lowest BCUT2D eigenvalue weighted by atomic mass is 10.1. The summed E-state index contributed by atoms with van der Waals surface area (Å²) in [4.78, 5) is 17.2. The fraction of sp³-hybridized carbons (Fsp3) is 0.120. The third-order valence-electron chi connectivity index (χ3n) is 4.90. The van der Waals surface area contributed by atoms with Crippen molar-refractivity contribution in [2.24, 2.45) is 0 Å². The molecule has 0 spiro atoms. The third-order valence-corrected chi connectivity index (χ3v) is 5.63. The predicted octanol–water partition coefficient (Wildman–Crippen LogP) is 6.34. The minimum absolute atomic E-state index is 0.164. The van der Waals surface area contributed by atoms with Gasteiger partial charge < -0.3 is 10.6 Å². The SMILES string of the molecule is O=C(Cc1ccc(NCc2ccnc3ccccc23)cc1)Nc1ccc(SC(F)F)cc1. The van der Waals surface area contributed by atoms with E-state index in [9.17, 15) is 13.6 Å². The maximum Gasteiger partial charge on any atom is 0.288 e. The van der Waals surface area contributed by atoms with Crippen LogP contribution in [0.15, 0.2) is 90.0 Å². The van der Waals surface area contributed by atoms with E-state index in [1.807, 2.05) is 54.7 Å². The van der Waals surface area contributed by atoms with E-state index in [-0.39, 0.29) is 12.3 Å². The molecular weight excluding hydrogens is 428 g/mol. The molecule has 162 valence electrons. The van der Waals surface area contributed by atoms with Crippen LogP contribution < -0.4 is 10.6 Å². The Morgan fingerprint density at radius 1 is 0.906 bits per heavy atom. The van der Waals surface area contributed by atoms with Crippen LogP contribution in [0.2, 0.25) is 0 Å². The van der Waals surface area contributed by atoms with E-state index in [0.717, 1.165) is 27.7 Å². The number of carbonyl (C=O) groups is 1. The van der Waals surface area contributed by atoms with Crippen LogP contribution >= 0.6 is 11.8 Å². The zero-order valence-corrected chi connectivity index (χ0v) is 17.9. The molecule has 3 aromatic carbocycles. The number of hydrogen-bond donors (Lipinski definition) is 2. The van der Waals surface area contributed by atoms with Gasteiger partial charge in [-0.05, 0) is 59.7 Å². The number of nitrogens with zero attached hydrogens (tertiary/aromatic N) is 1. The van der Waals surface area contributed by atoms with Gasteiger partial charge in [-0.2, -0.15) is 8.78 Å². The van der Waals surface area contributed by atoms with Gasteiger partial charge in [0.2, 0.25) is 5.91 Å². The van der Waals surface area contributed by atoms with E-state index in [1.54, 1.807) is 24.3 Å². The molecule has 1 amide bonds. The summed E-state index contributed by atoms with van der Waals surface area (Å²) in [6.45, 7) is 0.669. The van der Waals surface area contributed by atoms with Gasteiger partial charge in [-0.15, -0.1) is 0 Å². The number of thioether (sulfide) groups is 1. The zero-order chi connectivity index (χ0) is 22.3. The largest absolute Gasteiger partial charge is 0.381 e. The Hall–Kier alpha value is -3.45. The van der Waals surface area contributed by atoms with Gasteiger partial charge in [0.15, 0.2) is 0 Å². The third kappa shape index (κ3) is 5.82. The summed E-state index contributed by atoms with van der Waals surface area (Å²) >= 11 is 0.478. The second-order valence-electron chi connectivity index (χ2n) is 7.17. The average molecular weight is 450 g/mol. The van der Waals surface area contributed by atoms with Gasteiger partial charge in [0.1, 0.15) is 0 Å². The Bertz CT molecular complexity index is 1190. The van der Waals surface area contributed by atoms with Crippen molar-refractivity contribution in [1.82, 2.24) is 4.98 Å². The first-order valence-corrected chi connectivity index (χ1v) is 10.9. The Morgan fingerprint density at radius 3 is 2.38 bits per heavy atom. The number of nitrogens with one attached hydrogen (secondary N) is 2. The molecule has 0 aliphatic rings. The normalized spacial score (nSPS) is 11.0. The predicted molar refractivity (Wildman–Crippen MR) is 126 cm³/mol. The van der Waals surface area contributed by atoms with Crippen LogP contribution in [0, 0.1) is 0 Å². The number of pyridine rings is 1. The minimum Gasteiger partial charge on any atom is -0.381 e. The molecule has 0 saturated carbocycles. The standard InChI is InChI=1S/C25H21F2N3OS/c26-25(27)32-21-11-9-20(10-12-21)30-24(31)15-17-5-7-19(8-6-17)29-16-18-13-14-28-23-4-2-1-3-22(18)23/h1-14,25,29H,15-16H2,(H,30,31). The van der Waals surface area contributed by atoms with Crippen molar-refractivity contribution in [3.63, 3.8) is 0 Å². The molecule has 0 aliphatic carbocycles. The number of rotatable bonds is 8. The summed E-state index contributed by atoms with van der Waals surface area (Å²) in [5.74, 6) is -2.62. The van der Waals surface area contributed by atoms with E-state index in [2.05, 4.69) is 21.7 Å². The molecule has 4 nitrogen and oxygen atoms in total. The lowest BCUT2D eigenvalue weighted by Gasteiger charge is -2.10. The maximum absolute atomic E-state index is 12.4. The highest BCUT2D eigenvalue weighted by Gasteiger charge is 2.08. The Labute approximate surface area is 189 Å². The highest BCUT2D eigenvalue weighted by atomic mass is 32.2. The monoisotopic (exact) mass is 449 g/mol. The minimum atomic E-state index is -2.46. The number of para-hydroxylation sites is 1. The van der Waals surface area contributed by atoms with Crippen molar-refractivity contribution in [1.29, 1.82) is 0 Å². The van der Waals surface area contributed by atoms with Crippen LogP contribution in [0.3, 0.4) is 0 Å². The van der Waals surface area contributed by atoms with Crippen molar-refractivity contribution in [2.45, 2.75) is 23.6 Å². The van der Waals surface area contributed by atoms with Crippen LogP contribution in [0.1, 0.15) is 11.1 Å². The number of amides is 1. The van der Waals surface area contributed by atoms with E-state index in [4.69, 9.17) is 0 Å². The number of hydrogen-bond acceptors (Lipinski definition) is 4. The Balaban J connectivity index is 1.31. The molecular formula is C25H21F2N3OS. The Morgan fingerprint density at radius 2 is 1.62 bits per heavy atom. The number of alkyl halides is 2. The van der Waals surface area contributed by atoms with Crippen LogP contribution in [0.5, 0.6) is 0 Å². The molecule has 0 fully saturated rings. The number of halogens is 2. The molecule has 0 saturated heterocycles. The molecule has 0 aliphatic heterocycles. The second kappa shape index (κ2) is 10.2.